The summed E-state index contributed by atoms with van der Waals surface area (Å²) in [7, 11) is 0. The molecule has 0 aromatic heterocycles. The summed E-state index contributed by atoms with van der Waals surface area (Å²) in [4.78, 5) is 0. The Morgan fingerprint density at radius 1 is 1.12 bits per heavy atom. The molecule has 1 heterocycles. The number of hydrogen-bond acceptors (Lipinski definition) is 1. The molecule has 0 bridgehead atoms. The summed E-state index contributed by atoms with van der Waals surface area (Å²) in [5.74, 6) is 0.0103. The van der Waals surface area contributed by atoms with Crippen LogP contribution < -0.4 is 5.32 Å². The van der Waals surface area contributed by atoms with Gasteiger partial charge in [0.1, 0.15) is 11.6 Å². The molecule has 86 valence electrons. The summed E-state index contributed by atoms with van der Waals surface area (Å²) in [6.07, 6.45) is 4.91. The van der Waals surface area contributed by atoms with Crippen molar-refractivity contribution >= 4 is 5.69 Å². The fraction of sp³-hybridized carbons (Fsp3) is 0.538. The Hall–Kier alpha value is -1.12. The minimum absolute atomic E-state index is 0.308. The maximum Gasteiger partial charge on any atom is 0.149 e. The van der Waals surface area contributed by atoms with Gasteiger partial charge in [-0.05, 0) is 30.4 Å². The minimum Gasteiger partial charge on any atom is -0.382 e. The van der Waals surface area contributed by atoms with Gasteiger partial charge in [0.2, 0.25) is 0 Å². The predicted molar refractivity (Wildman–Crippen MR) is 59.5 cm³/mol. The van der Waals surface area contributed by atoms with E-state index in [1.54, 1.807) is 0 Å². The molecule has 1 unspecified atom stereocenters. The van der Waals surface area contributed by atoms with Gasteiger partial charge in [-0.1, -0.05) is 12.8 Å². The molecule has 0 saturated heterocycles. The van der Waals surface area contributed by atoms with Crippen LogP contribution in [0.3, 0.4) is 0 Å². The normalized spacial score (nSPS) is 24.5. The van der Waals surface area contributed by atoms with E-state index >= 15 is 0 Å². The third-order valence-corrected chi connectivity index (χ3v) is 3.95. The molecule has 1 aliphatic heterocycles. The second-order valence-corrected chi connectivity index (χ2v) is 4.88. The van der Waals surface area contributed by atoms with Crippen LogP contribution in [0.15, 0.2) is 12.1 Å². The van der Waals surface area contributed by atoms with Crippen molar-refractivity contribution in [3.63, 3.8) is 0 Å². The van der Waals surface area contributed by atoms with E-state index in [1.807, 2.05) is 0 Å². The molecule has 1 aromatic rings. The second-order valence-electron chi connectivity index (χ2n) is 4.88. The van der Waals surface area contributed by atoms with Crippen molar-refractivity contribution in [3.05, 3.63) is 29.3 Å². The molecule has 1 N–H and O–H groups in total. The van der Waals surface area contributed by atoms with E-state index in [0.29, 0.717) is 17.5 Å². The average molecular weight is 223 g/mol. The van der Waals surface area contributed by atoms with E-state index in [0.717, 1.165) is 18.2 Å². The molecule has 2 aliphatic rings. The van der Waals surface area contributed by atoms with Gasteiger partial charge in [0.25, 0.3) is 0 Å². The number of rotatable bonds is 1. The highest BCUT2D eigenvalue weighted by Crippen LogP contribution is 2.44. The van der Waals surface area contributed by atoms with Crippen LogP contribution >= 0.6 is 0 Å². The third-order valence-electron chi connectivity index (χ3n) is 3.95. The quantitative estimate of drug-likeness (QED) is 0.766. The van der Waals surface area contributed by atoms with Gasteiger partial charge >= 0.3 is 0 Å². The fourth-order valence-electron chi connectivity index (χ4n) is 3.17. The van der Waals surface area contributed by atoms with Crippen LogP contribution in [-0.4, -0.2) is 6.54 Å². The van der Waals surface area contributed by atoms with Crippen molar-refractivity contribution in [2.75, 3.05) is 11.9 Å². The van der Waals surface area contributed by atoms with Gasteiger partial charge in [-0.3, -0.25) is 0 Å². The molecule has 1 aromatic carbocycles. The Morgan fingerprint density at radius 3 is 2.62 bits per heavy atom. The molecule has 0 spiro atoms. The van der Waals surface area contributed by atoms with Gasteiger partial charge < -0.3 is 5.32 Å². The van der Waals surface area contributed by atoms with E-state index < -0.39 is 11.6 Å². The number of anilines is 1. The number of halogens is 2. The van der Waals surface area contributed by atoms with Gasteiger partial charge in [-0.25, -0.2) is 8.78 Å². The Bertz CT molecular complexity index is 411. The number of fused-ring (bicyclic) bond motifs is 1. The van der Waals surface area contributed by atoms with Crippen LogP contribution in [-0.2, 0) is 0 Å². The molecular weight excluding hydrogens is 208 g/mol. The smallest absolute Gasteiger partial charge is 0.149 e. The van der Waals surface area contributed by atoms with E-state index in [1.165, 1.54) is 31.7 Å². The molecule has 3 heteroatoms. The zero-order valence-electron chi connectivity index (χ0n) is 9.10. The Morgan fingerprint density at radius 2 is 1.88 bits per heavy atom. The van der Waals surface area contributed by atoms with Crippen molar-refractivity contribution in [2.45, 2.75) is 31.6 Å². The van der Waals surface area contributed by atoms with Crippen molar-refractivity contribution < 1.29 is 8.78 Å². The summed E-state index contributed by atoms with van der Waals surface area (Å²) in [5, 5.41) is 3.08. The van der Waals surface area contributed by atoms with Crippen LogP contribution in [0.25, 0.3) is 0 Å². The molecule has 1 atom stereocenters. The van der Waals surface area contributed by atoms with Crippen LogP contribution in [0, 0.1) is 17.6 Å². The average Bonchev–Trinajstić information content (AvgIpc) is 2.83. The molecule has 1 saturated carbocycles. The summed E-state index contributed by atoms with van der Waals surface area (Å²) in [6.45, 7) is 0.764. The standard InChI is InChI=1S/C13H15F2N/c14-9-5-10-11(8-3-1-2-4-8)7-16-13(10)12(15)6-9/h5-6,8,11,16H,1-4,7H2. The largest absolute Gasteiger partial charge is 0.382 e. The summed E-state index contributed by atoms with van der Waals surface area (Å²) >= 11 is 0. The van der Waals surface area contributed by atoms with E-state index in [-0.39, 0.29) is 0 Å². The molecule has 16 heavy (non-hydrogen) atoms. The van der Waals surface area contributed by atoms with Gasteiger partial charge in [0.05, 0.1) is 5.69 Å². The first kappa shape index (κ1) is 10.1. The Balaban J connectivity index is 1.97. The summed E-state index contributed by atoms with van der Waals surface area (Å²) in [5.41, 5.74) is 1.38. The monoisotopic (exact) mass is 223 g/mol. The van der Waals surface area contributed by atoms with Gasteiger partial charge in [0.15, 0.2) is 0 Å². The van der Waals surface area contributed by atoms with Gasteiger partial charge in [0, 0.05) is 18.5 Å². The third kappa shape index (κ3) is 1.49. The summed E-state index contributed by atoms with van der Waals surface area (Å²) < 4.78 is 26.7. The van der Waals surface area contributed by atoms with Crippen molar-refractivity contribution in [3.8, 4) is 0 Å². The first-order chi connectivity index (χ1) is 7.75. The highest BCUT2D eigenvalue weighted by molar-refractivity contribution is 5.59. The van der Waals surface area contributed by atoms with E-state index in [4.69, 9.17) is 0 Å². The minimum atomic E-state index is -0.456. The number of benzene rings is 1. The maximum absolute atomic E-state index is 13.5. The fourth-order valence-corrected chi connectivity index (χ4v) is 3.17. The zero-order chi connectivity index (χ0) is 11.1. The van der Waals surface area contributed by atoms with E-state index in [9.17, 15) is 8.78 Å². The molecule has 1 aliphatic carbocycles. The lowest BCUT2D eigenvalue weighted by atomic mass is 9.86. The number of hydrogen-bond donors (Lipinski definition) is 1. The first-order valence-corrected chi connectivity index (χ1v) is 5.98. The highest BCUT2D eigenvalue weighted by Gasteiger charge is 2.33. The lowest BCUT2D eigenvalue weighted by molar-refractivity contribution is 0.458. The number of nitrogens with one attached hydrogen (secondary N) is 1. The Kier molecular flexibility index (Phi) is 2.34. The Labute approximate surface area is 93.9 Å². The van der Waals surface area contributed by atoms with Crippen LogP contribution in [0.2, 0.25) is 0 Å². The summed E-state index contributed by atoms with van der Waals surface area (Å²) in [6, 6.07) is 2.46. The lowest BCUT2D eigenvalue weighted by Gasteiger charge is -2.17. The van der Waals surface area contributed by atoms with Crippen LogP contribution in [0.4, 0.5) is 14.5 Å². The van der Waals surface area contributed by atoms with Gasteiger partial charge in [-0.2, -0.15) is 0 Å². The van der Waals surface area contributed by atoms with Crippen molar-refractivity contribution in [1.82, 2.24) is 0 Å². The molecule has 1 nitrogen and oxygen atoms in total. The van der Waals surface area contributed by atoms with Crippen LogP contribution in [0.1, 0.15) is 37.2 Å². The SMILES string of the molecule is Fc1cc(F)c2c(c1)C(C1CCCC1)CN2. The molecule has 3 rings (SSSR count). The molecule has 1 fully saturated rings. The second kappa shape index (κ2) is 3.72. The predicted octanol–water partition coefficient (Wildman–Crippen LogP) is 3.66. The van der Waals surface area contributed by atoms with Gasteiger partial charge in [-0.15, -0.1) is 0 Å². The molecule has 0 radical (unpaired) electrons. The first-order valence-electron chi connectivity index (χ1n) is 5.98. The molecule has 0 amide bonds. The maximum atomic E-state index is 13.5. The van der Waals surface area contributed by atoms with E-state index in [2.05, 4.69) is 5.32 Å². The van der Waals surface area contributed by atoms with Crippen molar-refractivity contribution in [2.24, 2.45) is 5.92 Å². The molecular formula is C13H15F2N. The topological polar surface area (TPSA) is 12.0 Å². The highest BCUT2D eigenvalue weighted by atomic mass is 19.1. The zero-order valence-corrected chi connectivity index (χ0v) is 9.10. The lowest BCUT2D eigenvalue weighted by Crippen LogP contribution is -2.11. The van der Waals surface area contributed by atoms with Crippen molar-refractivity contribution in [1.29, 1.82) is 0 Å². The van der Waals surface area contributed by atoms with Crippen LogP contribution in [0.5, 0.6) is 0 Å².